The summed E-state index contributed by atoms with van der Waals surface area (Å²) in [6.07, 6.45) is 0. The number of primary amides is 1. The molecule has 0 aliphatic carbocycles. The van der Waals surface area contributed by atoms with Gasteiger partial charge in [-0.1, -0.05) is 72.8 Å². The number of fused-ring (bicyclic) bond motifs is 1. The molecule has 2 heterocycles. The first-order valence-corrected chi connectivity index (χ1v) is 12.7. The van der Waals surface area contributed by atoms with Crippen LogP contribution in [0.1, 0.15) is 15.9 Å². The number of hydrogen-bond donors (Lipinski definition) is 2. The van der Waals surface area contributed by atoms with E-state index in [2.05, 4.69) is 58.7 Å². The quantitative estimate of drug-likeness (QED) is 0.271. The number of nitrogens with two attached hydrogens (primary N) is 1. The Bertz CT molecular complexity index is 1570. The molecule has 38 heavy (non-hydrogen) atoms. The molecular weight excluding hydrogens is 494 g/mol. The summed E-state index contributed by atoms with van der Waals surface area (Å²) in [5, 5.41) is 4.48. The molecule has 0 radical (unpaired) electrons. The Labute approximate surface area is 228 Å². The Kier molecular flexibility index (Phi) is 7.61. The Hall–Kier alpha value is -3.90. The molecule has 3 N–H and O–H groups in total. The topological polar surface area (TPSA) is 71.5 Å². The van der Waals surface area contributed by atoms with Gasteiger partial charge < -0.3 is 15.5 Å². The van der Waals surface area contributed by atoms with Crippen LogP contribution >= 0.6 is 12.4 Å². The van der Waals surface area contributed by atoms with E-state index in [1.165, 1.54) is 5.56 Å². The highest BCUT2D eigenvalue weighted by Gasteiger charge is 2.17. The van der Waals surface area contributed by atoms with Gasteiger partial charge in [0, 0.05) is 49.2 Å². The van der Waals surface area contributed by atoms with Gasteiger partial charge in [-0.05, 0) is 52.1 Å². The Balaban J connectivity index is 0.00000294. The van der Waals surface area contributed by atoms with Crippen molar-refractivity contribution in [2.75, 3.05) is 26.2 Å². The van der Waals surface area contributed by atoms with Gasteiger partial charge in [-0.25, -0.2) is 0 Å². The maximum absolute atomic E-state index is 12.1. The maximum atomic E-state index is 12.1. The number of amides is 1. The molecule has 0 bridgehead atoms. The minimum absolute atomic E-state index is 0. The SMILES string of the molecule is Cl.NC(=O)c1ccc(-c2ccccc2)c(-c2ccccc2-c2cc3ccc(CN4CCNCC4)cc3o2)c1. The zero-order valence-corrected chi connectivity index (χ0v) is 21.8. The molecule has 0 atom stereocenters. The predicted molar refractivity (Wildman–Crippen MR) is 156 cm³/mol. The molecule has 6 heteroatoms. The fraction of sp³-hybridized carbons (Fsp3) is 0.156. The first-order valence-electron chi connectivity index (χ1n) is 12.7. The van der Waals surface area contributed by atoms with Crippen molar-refractivity contribution in [3.05, 3.63) is 108 Å². The summed E-state index contributed by atoms with van der Waals surface area (Å²) in [4.78, 5) is 14.5. The number of benzene rings is 4. The summed E-state index contributed by atoms with van der Waals surface area (Å²) in [6, 6.07) is 32.6. The fourth-order valence-electron chi connectivity index (χ4n) is 5.16. The summed E-state index contributed by atoms with van der Waals surface area (Å²) in [5.41, 5.74) is 13.3. The third kappa shape index (κ3) is 5.22. The van der Waals surface area contributed by atoms with Crippen LogP contribution < -0.4 is 11.1 Å². The molecule has 1 aliphatic rings. The Morgan fingerprint density at radius 2 is 1.53 bits per heavy atom. The smallest absolute Gasteiger partial charge is 0.248 e. The van der Waals surface area contributed by atoms with Gasteiger partial charge in [-0.3, -0.25) is 9.69 Å². The third-order valence-electron chi connectivity index (χ3n) is 7.07. The lowest BCUT2D eigenvalue weighted by molar-refractivity contribution is 0.100. The summed E-state index contributed by atoms with van der Waals surface area (Å²) >= 11 is 0. The van der Waals surface area contributed by atoms with E-state index in [0.717, 1.165) is 77.3 Å². The third-order valence-corrected chi connectivity index (χ3v) is 7.07. The molecule has 5 aromatic rings. The van der Waals surface area contributed by atoms with E-state index in [0.29, 0.717) is 5.56 Å². The first kappa shape index (κ1) is 25.7. The van der Waals surface area contributed by atoms with Crippen molar-refractivity contribution in [1.82, 2.24) is 10.2 Å². The second kappa shape index (κ2) is 11.2. The number of carbonyl (C=O) groups excluding carboxylic acids is 1. The number of nitrogens with one attached hydrogen (secondary N) is 1. The minimum Gasteiger partial charge on any atom is -0.456 e. The van der Waals surface area contributed by atoms with Gasteiger partial charge >= 0.3 is 0 Å². The number of nitrogens with zero attached hydrogens (tertiary/aromatic N) is 1. The monoisotopic (exact) mass is 523 g/mol. The average Bonchev–Trinajstić information content (AvgIpc) is 3.37. The lowest BCUT2D eigenvalue weighted by Gasteiger charge is -2.27. The van der Waals surface area contributed by atoms with E-state index in [9.17, 15) is 4.79 Å². The van der Waals surface area contributed by atoms with Crippen molar-refractivity contribution in [2.45, 2.75) is 6.54 Å². The number of piperazine rings is 1. The van der Waals surface area contributed by atoms with E-state index in [-0.39, 0.29) is 12.4 Å². The predicted octanol–water partition coefficient (Wildman–Crippen LogP) is 6.36. The number of furan rings is 1. The molecule has 1 saturated heterocycles. The molecular formula is C32H30ClN3O2. The van der Waals surface area contributed by atoms with Crippen molar-refractivity contribution < 1.29 is 9.21 Å². The number of halogens is 1. The summed E-state index contributed by atoms with van der Waals surface area (Å²) in [7, 11) is 0. The highest BCUT2D eigenvalue weighted by Crippen LogP contribution is 2.40. The Morgan fingerprint density at radius 1 is 0.789 bits per heavy atom. The highest BCUT2D eigenvalue weighted by atomic mass is 35.5. The van der Waals surface area contributed by atoms with E-state index < -0.39 is 5.91 Å². The van der Waals surface area contributed by atoms with Crippen LogP contribution in [0.25, 0.3) is 44.5 Å². The van der Waals surface area contributed by atoms with Gasteiger partial charge in [-0.15, -0.1) is 12.4 Å². The van der Waals surface area contributed by atoms with Gasteiger partial charge in [0.25, 0.3) is 0 Å². The van der Waals surface area contributed by atoms with Crippen molar-refractivity contribution in [2.24, 2.45) is 5.73 Å². The van der Waals surface area contributed by atoms with Gasteiger partial charge in [0.2, 0.25) is 5.91 Å². The average molecular weight is 524 g/mol. The molecule has 5 nitrogen and oxygen atoms in total. The number of hydrogen-bond acceptors (Lipinski definition) is 4. The molecule has 1 aliphatic heterocycles. The first-order chi connectivity index (χ1) is 18.2. The van der Waals surface area contributed by atoms with Gasteiger partial charge in [0.1, 0.15) is 11.3 Å². The van der Waals surface area contributed by atoms with E-state index in [1.54, 1.807) is 6.07 Å². The van der Waals surface area contributed by atoms with Crippen LogP contribution in [0.3, 0.4) is 0 Å². The van der Waals surface area contributed by atoms with Gasteiger partial charge in [0.05, 0.1) is 0 Å². The summed E-state index contributed by atoms with van der Waals surface area (Å²) < 4.78 is 6.45. The van der Waals surface area contributed by atoms with Crippen molar-refractivity contribution in [3.63, 3.8) is 0 Å². The van der Waals surface area contributed by atoms with Crippen LogP contribution in [0.4, 0.5) is 0 Å². The van der Waals surface area contributed by atoms with Crippen LogP contribution in [-0.2, 0) is 6.54 Å². The molecule has 1 aromatic heterocycles. The van der Waals surface area contributed by atoms with Crippen LogP contribution in [0.5, 0.6) is 0 Å². The number of rotatable bonds is 6. The molecule has 4 aromatic carbocycles. The van der Waals surface area contributed by atoms with E-state index in [1.807, 2.05) is 42.5 Å². The van der Waals surface area contributed by atoms with Crippen molar-refractivity contribution in [3.8, 4) is 33.6 Å². The van der Waals surface area contributed by atoms with Crippen LogP contribution in [0.2, 0.25) is 0 Å². The van der Waals surface area contributed by atoms with Crippen LogP contribution in [0.15, 0.2) is 101 Å². The lowest BCUT2D eigenvalue weighted by Crippen LogP contribution is -2.42. The van der Waals surface area contributed by atoms with E-state index in [4.69, 9.17) is 10.2 Å². The normalized spacial score (nSPS) is 13.8. The molecule has 6 rings (SSSR count). The fourth-order valence-corrected chi connectivity index (χ4v) is 5.16. The van der Waals surface area contributed by atoms with Gasteiger partial charge in [0.15, 0.2) is 0 Å². The zero-order chi connectivity index (χ0) is 25.2. The van der Waals surface area contributed by atoms with Crippen LogP contribution in [-0.4, -0.2) is 37.0 Å². The molecule has 0 spiro atoms. The standard InChI is InChI=1S/C32H29N3O2.ClH/c33-32(36)25-12-13-26(23-6-2-1-3-7-23)29(19-25)27-8-4-5-9-28(27)31-20-24-11-10-22(18-30(24)37-31)21-35-16-14-34-15-17-35;/h1-13,18-20,34H,14-17,21H2,(H2,33,36);1H. The van der Waals surface area contributed by atoms with Gasteiger partial charge in [-0.2, -0.15) is 0 Å². The summed E-state index contributed by atoms with van der Waals surface area (Å²) in [6.45, 7) is 5.11. The summed E-state index contributed by atoms with van der Waals surface area (Å²) in [5.74, 6) is 0.354. The zero-order valence-electron chi connectivity index (χ0n) is 21.0. The van der Waals surface area contributed by atoms with E-state index >= 15 is 0 Å². The largest absolute Gasteiger partial charge is 0.456 e. The van der Waals surface area contributed by atoms with Crippen molar-refractivity contribution in [1.29, 1.82) is 0 Å². The second-order valence-corrected chi connectivity index (χ2v) is 9.55. The Morgan fingerprint density at radius 3 is 2.29 bits per heavy atom. The highest BCUT2D eigenvalue weighted by molar-refractivity contribution is 5.99. The molecule has 1 amide bonds. The maximum Gasteiger partial charge on any atom is 0.248 e. The molecule has 1 fully saturated rings. The van der Waals surface area contributed by atoms with Crippen molar-refractivity contribution >= 4 is 29.3 Å². The number of carbonyl (C=O) groups is 1. The second-order valence-electron chi connectivity index (χ2n) is 9.55. The molecule has 0 saturated carbocycles. The lowest BCUT2D eigenvalue weighted by atomic mass is 9.89. The molecule has 192 valence electrons. The van der Waals surface area contributed by atoms with Crippen LogP contribution in [0, 0.1) is 0 Å². The minimum atomic E-state index is -0.445. The molecule has 0 unspecified atom stereocenters.